The predicted molar refractivity (Wildman–Crippen MR) is 71.6 cm³/mol. The van der Waals surface area contributed by atoms with Crippen LogP contribution in [0.4, 0.5) is 0 Å². The molecule has 0 atom stereocenters. The fourth-order valence-corrected chi connectivity index (χ4v) is 1.83. The number of aryl methyl sites for hydroxylation is 1. The number of rotatable bonds is 4. The predicted octanol–water partition coefficient (Wildman–Crippen LogP) is 2.13. The number of nitrogens with one attached hydrogen (secondary N) is 1. The van der Waals surface area contributed by atoms with Crippen molar-refractivity contribution in [2.45, 2.75) is 6.92 Å². The maximum Gasteiger partial charge on any atom is 0.196 e. The molecule has 1 N–H and O–H groups in total. The van der Waals surface area contributed by atoms with Crippen molar-refractivity contribution in [2.75, 3.05) is 20.6 Å². The first kappa shape index (κ1) is 12.5. The van der Waals surface area contributed by atoms with Crippen LogP contribution in [0.1, 0.15) is 16.2 Å². The quantitative estimate of drug-likeness (QED) is 0.837. The molecule has 0 unspecified atom stereocenters. The Balaban J connectivity index is 2.30. The number of aromatic nitrogens is 2. The summed E-state index contributed by atoms with van der Waals surface area (Å²) < 4.78 is 0. The van der Waals surface area contributed by atoms with Crippen molar-refractivity contribution in [3.05, 3.63) is 41.7 Å². The van der Waals surface area contributed by atoms with Gasteiger partial charge in [-0.3, -0.25) is 4.79 Å². The second kappa shape index (κ2) is 5.14. The summed E-state index contributed by atoms with van der Waals surface area (Å²) in [6.45, 7) is 2.25. The van der Waals surface area contributed by atoms with E-state index < -0.39 is 0 Å². The number of benzene rings is 1. The number of H-pyrrole nitrogens is 1. The van der Waals surface area contributed by atoms with E-state index in [1.54, 1.807) is 0 Å². The summed E-state index contributed by atoms with van der Waals surface area (Å²) in [4.78, 5) is 21.4. The van der Waals surface area contributed by atoms with Crippen LogP contribution in [-0.4, -0.2) is 41.3 Å². The van der Waals surface area contributed by atoms with E-state index in [1.807, 2.05) is 56.3 Å². The molecular weight excluding hydrogens is 226 g/mol. The van der Waals surface area contributed by atoms with Crippen LogP contribution in [0.5, 0.6) is 0 Å². The molecule has 1 heterocycles. The summed E-state index contributed by atoms with van der Waals surface area (Å²) in [6.07, 6.45) is 0. The summed E-state index contributed by atoms with van der Waals surface area (Å²) in [5.74, 6) is 0.783. The van der Waals surface area contributed by atoms with E-state index in [2.05, 4.69) is 9.97 Å². The van der Waals surface area contributed by atoms with Gasteiger partial charge in [0.2, 0.25) is 0 Å². The molecule has 4 heteroatoms. The Morgan fingerprint density at radius 1 is 1.28 bits per heavy atom. The molecule has 4 nitrogen and oxygen atoms in total. The summed E-state index contributed by atoms with van der Waals surface area (Å²) in [6, 6.07) is 9.80. The lowest BCUT2D eigenvalue weighted by Gasteiger charge is -2.06. The molecular formula is C14H17N3O. The Labute approximate surface area is 107 Å². The van der Waals surface area contributed by atoms with E-state index in [9.17, 15) is 4.79 Å². The van der Waals surface area contributed by atoms with Gasteiger partial charge in [0, 0.05) is 11.3 Å². The fourth-order valence-electron chi connectivity index (χ4n) is 1.83. The zero-order chi connectivity index (χ0) is 13.1. The average molecular weight is 243 g/mol. The van der Waals surface area contributed by atoms with Gasteiger partial charge in [-0.25, -0.2) is 4.98 Å². The average Bonchev–Trinajstić information content (AvgIpc) is 2.72. The molecule has 0 aliphatic rings. The normalized spacial score (nSPS) is 10.9. The molecule has 0 spiro atoms. The summed E-state index contributed by atoms with van der Waals surface area (Å²) >= 11 is 0. The highest BCUT2D eigenvalue weighted by Crippen LogP contribution is 2.17. The second-order valence-electron chi connectivity index (χ2n) is 4.59. The number of nitrogens with zero attached hydrogens (tertiary/aromatic N) is 2. The molecule has 94 valence electrons. The fraction of sp³-hybridized carbons (Fsp3) is 0.286. The molecule has 0 radical (unpaired) electrons. The highest BCUT2D eigenvalue weighted by Gasteiger charge is 2.15. The third-order valence-electron chi connectivity index (χ3n) is 2.66. The van der Waals surface area contributed by atoms with Crippen molar-refractivity contribution in [3.8, 4) is 11.4 Å². The first-order valence-electron chi connectivity index (χ1n) is 5.88. The molecule has 1 aromatic heterocycles. The van der Waals surface area contributed by atoms with Crippen molar-refractivity contribution in [1.82, 2.24) is 14.9 Å². The Hall–Kier alpha value is -1.94. The van der Waals surface area contributed by atoms with Gasteiger partial charge in [-0.15, -0.1) is 0 Å². The van der Waals surface area contributed by atoms with Gasteiger partial charge in [0.15, 0.2) is 5.78 Å². The Morgan fingerprint density at radius 3 is 2.56 bits per heavy atom. The van der Waals surface area contributed by atoms with E-state index >= 15 is 0 Å². The minimum atomic E-state index is 0.0379. The third-order valence-corrected chi connectivity index (χ3v) is 2.66. The standard InChI is InChI=1S/C14H17N3O/c1-10-13(12(18)9-17(2)3)16-14(15-10)11-7-5-4-6-8-11/h4-8H,9H2,1-3H3,(H,15,16). The molecule has 0 fully saturated rings. The Morgan fingerprint density at radius 2 is 1.94 bits per heavy atom. The number of carbonyl (C=O) groups is 1. The third kappa shape index (κ3) is 2.65. The van der Waals surface area contributed by atoms with Gasteiger partial charge in [0.25, 0.3) is 0 Å². The van der Waals surface area contributed by atoms with Gasteiger partial charge in [-0.2, -0.15) is 0 Å². The molecule has 2 rings (SSSR count). The van der Waals surface area contributed by atoms with Gasteiger partial charge >= 0.3 is 0 Å². The zero-order valence-corrected chi connectivity index (χ0v) is 10.9. The van der Waals surface area contributed by atoms with Crippen LogP contribution in [-0.2, 0) is 0 Å². The number of aromatic amines is 1. The molecule has 18 heavy (non-hydrogen) atoms. The molecule has 1 aromatic carbocycles. The Kier molecular flexibility index (Phi) is 3.58. The second-order valence-corrected chi connectivity index (χ2v) is 4.59. The van der Waals surface area contributed by atoms with Crippen molar-refractivity contribution >= 4 is 5.78 Å². The smallest absolute Gasteiger partial charge is 0.196 e. The Bertz CT molecular complexity index is 543. The van der Waals surface area contributed by atoms with Gasteiger partial charge in [-0.05, 0) is 21.0 Å². The number of carbonyl (C=O) groups excluding carboxylic acids is 1. The largest absolute Gasteiger partial charge is 0.341 e. The van der Waals surface area contributed by atoms with Gasteiger partial charge in [0.1, 0.15) is 11.5 Å². The number of hydrogen-bond acceptors (Lipinski definition) is 3. The number of ketones is 1. The highest BCUT2D eigenvalue weighted by atomic mass is 16.1. The molecule has 2 aromatic rings. The summed E-state index contributed by atoms with van der Waals surface area (Å²) in [5.41, 5.74) is 2.34. The van der Waals surface area contributed by atoms with E-state index in [0.29, 0.717) is 12.2 Å². The lowest BCUT2D eigenvalue weighted by Crippen LogP contribution is -2.22. The van der Waals surface area contributed by atoms with Crippen LogP contribution in [0.3, 0.4) is 0 Å². The zero-order valence-electron chi connectivity index (χ0n) is 10.9. The summed E-state index contributed by atoms with van der Waals surface area (Å²) in [7, 11) is 3.75. The van der Waals surface area contributed by atoms with Crippen LogP contribution >= 0.6 is 0 Å². The molecule has 0 amide bonds. The van der Waals surface area contributed by atoms with Crippen molar-refractivity contribution in [1.29, 1.82) is 0 Å². The number of Topliss-reactive ketones (excluding diaryl/α,β-unsaturated/α-hetero) is 1. The maximum absolute atomic E-state index is 12.0. The van der Waals surface area contributed by atoms with Crippen LogP contribution < -0.4 is 0 Å². The number of imidazole rings is 1. The van der Waals surface area contributed by atoms with E-state index in [0.717, 1.165) is 17.1 Å². The minimum Gasteiger partial charge on any atom is -0.341 e. The molecule has 0 saturated heterocycles. The maximum atomic E-state index is 12.0. The van der Waals surface area contributed by atoms with Crippen LogP contribution in [0.15, 0.2) is 30.3 Å². The molecule has 0 aliphatic carbocycles. The van der Waals surface area contributed by atoms with Crippen LogP contribution in [0.25, 0.3) is 11.4 Å². The number of likely N-dealkylation sites (N-methyl/N-ethyl adjacent to an activating group) is 1. The van der Waals surface area contributed by atoms with E-state index in [-0.39, 0.29) is 5.78 Å². The van der Waals surface area contributed by atoms with Crippen LogP contribution in [0, 0.1) is 6.92 Å². The molecule has 0 aliphatic heterocycles. The SMILES string of the molecule is Cc1[nH]c(-c2ccccc2)nc1C(=O)CN(C)C. The van der Waals surface area contributed by atoms with Crippen molar-refractivity contribution in [3.63, 3.8) is 0 Å². The monoisotopic (exact) mass is 243 g/mol. The molecule has 0 bridgehead atoms. The number of hydrogen-bond donors (Lipinski definition) is 1. The highest BCUT2D eigenvalue weighted by molar-refractivity contribution is 5.97. The van der Waals surface area contributed by atoms with Crippen molar-refractivity contribution in [2.24, 2.45) is 0 Å². The van der Waals surface area contributed by atoms with Gasteiger partial charge in [0.05, 0.1) is 6.54 Å². The lowest BCUT2D eigenvalue weighted by atomic mass is 10.2. The minimum absolute atomic E-state index is 0.0379. The van der Waals surface area contributed by atoms with E-state index in [4.69, 9.17) is 0 Å². The summed E-state index contributed by atoms with van der Waals surface area (Å²) in [5, 5.41) is 0. The van der Waals surface area contributed by atoms with Crippen LogP contribution in [0.2, 0.25) is 0 Å². The van der Waals surface area contributed by atoms with Gasteiger partial charge < -0.3 is 9.88 Å². The topological polar surface area (TPSA) is 49.0 Å². The lowest BCUT2D eigenvalue weighted by molar-refractivity contribution is 0.0953. The van der Waals surface area contributed by atoms with Gasteiger partial charge in [-0.1, -0.05) is 30.3 Å². The van der Waals surface area contributed by atoms with E-state index in [1.165, 1.54) is 0 Å². The first-order chi connectivity index (χ1) is 8.58. The van der Waals surface area contributed by atoms with Crippen molar-refractivity contribution < 1.29 is 4.79 Å². The molecule has 0 saturated carbocycles. The first-order valence-corrected chi connectivity index (χ1v) is 5.88.